The van der Waals surface area contributed by atoms with Crippen molar-refractivity contribution in [3.05, 3.63) is 65.7 Å². The zero-order valence-corrected chi connectivity index (χ0v) is 18.1. The van der Waals surface area contributed by atoms with Crippen molar-refractivity contribution in [1.29, 1.82) is 0 Å². The molecule has 1 aromatic rings. The summed E-state index contributed by atoms with van der Waals surface area (Å²) in [5.41, 5.74) is 7.49. The molecule has 2 fully saturated rings. The molecule has 2 N–H and O–H groups in total. The highest BCUT2D eigenvalue weighted by Crippen LogP contribution is 2.34. The maximum atomic E-state index is 4.44. The molecule has 0 atom stereocenters. The van der Waals surface area contributed by atoms with Crippen LogP contribution in [0.4, 0.5) is 5.69 Å². The average Bonchev–Trinajstić information content (AvgIpc) is 3.57. The standard InChI is InChI=1S/C26H37N3/c1-19(2)29-15-14-26(27-17-21-12-13-21)25(18-29)20(3)28-24-11-7-10-23(16-24)22-8-5-4-6-9-22/h7,10-11,16,21-22,27-28H,1,3-6,8-9,12-15,17-18H2,2H3. The van der Waals surface area contributed by atoms with E-state index in [-0.39, 0.29) is 0 Å². The van der Waals surface area contributed by atoms with Gasteiger partial charge in [0.15, 0.2) is 0 Å². The number of rotatable bonds is 8. The van der Waals surface area contributed by atoms with Crippen molar-refractivity contribution in [3.8, 4) is 0 Å². The lowest BCUT2D eigenvalue weighted by atomic mass is 9.84. The Bertz CT molecular complexity index is 781. The fraction of sp³-hybridized carbons (Fsp3) is 0.538. The summed E-state index contributed by atoms with van der Waals surface area (Å²) in [4.78, 5) is 2.36. The highest BCUT2D eigenvalue weighted by atomic mass is 15.1. The summed E-state index contributed by atoms with van der Waals surface area (Å²) in [6.07, 6.45) is 10.6. The lowest BCUT2D eigenvalue weighted by Gasteiger charge is -2.34. The molecule has 0 amide bonds. The molecule has 1 aromatic carbocycles. The van der Waals surface area contributed by atoms with Crippen LogP contribution in [0, 0.1) is 5.92 Å². The first-order valence-electron chi connectivity index (χ1n) is 11.5. The molecule has 0 radical (unpaired) electrons. The number of allylic oxidation sites excluding steroid dienone is 1. The van der Waals surface area contributed by atoms with Gasteiger partial charge in [0.1, 0.15) is 0 Å². The van der Waals surface area contributed by atoms with E-state index in [1.54, 1.807) is 0 Å². The predicted molar refractivity (Wildman–Crippen MR) is 124 cm³/mol. The van der Waals surface area contributed by atoms with Gasteiger partial charge in [-0.1, -0.05) is 44.6 Å². The van der Waals surface area contributed by atoms with Gasteiger partial charge in [0.25, 0.3) is 0 Å². The second-order valence-corrected chi connectivity index (χ2v) is 9.25. The molecule has 3 nitrogen and oxygen atoms in total. The Kier molecular flexibility index (Phi) is 6.32. The Labute approximate surface area is 177 Å². The molecule has 4 rings (SSSR count). The molecule has 3 heteroatoms. The van der Waals surface area contributed by atoms with Crippen LogP contribution in [-0.4, -0.2) is 24.5 Å². The quantitative estimate of drug-likeness (QED) is 0.556. The smallest absolute Gasteiger partial charge is 0.0463 e. The van der Waals surface area contributed by atoms with Gasteiger partial charge in [0.2, 0.25) is 0 Å². The number of benzene rings is 1. The minimum absolute atomic E-state index is 0.724. The molecule has 1 heterocycles. The van der Waals surface area contributed by atoms with Crippen LogP contribution in [0.25, 0.3) is 0 Å². The van der Waals surface area contributed by atoms with Gasteiger partial charge < -0.3 is 15.5 Å². The third-order valence-electron chi connectivity index (χ3n) is 6.81. The molecule has 3 aliphatic rings. The lowest BCUT2D eigenvalue weighted by Crippen LogP contribution is -2.35. The summed E-state index contributed by atoms with van der Waals surface area (Å²) in [5, 5.41) is 7.38. The van der Waals surface area contributed by atoms with Crippen LogP contribution >= 0.6 is 0 Å². The molecule has 2 aliphatic carbocycles. The summed E-state index contributed by atoms with van der Waals surface area (Å²) < 4.78 is 0. The van der Waals surface area contributed by atoms with Gasteiger partial charge in [-0.3, -0.25) is 0 Å². The maximum absolute atomic E-state index is 4.44. The monoisotopic (exact) mass is 391 g/mol. The molecule has 29 heavy (non-hydrogen) atoms. The van der Waals surface area contributed by atoms with Gasteiger partial charge in [0.05, 0.1) is 0 Å². The third kappa shape index (κ3) is 5.26. The van der Waals surface area contributed by atoms with E-state index >= 15 is 0 Å². The van der Waals surface area contributed by atoms with Gasteiger partial charge in [-0.05, 0) is 62.1 Å². The highest BCUT2D eigenvalue weighted by Gasteiger charge is 2.25. The van der Waals surface area contributed by atoms with Crippen LogP contribution in [0.2, 0.25) is 0 Å². The predicted octanol–water partition coefficient (Wildman–Crippen LogP) is 6.15. The van der Waals surface area contributed by atoms with Crippen molar-refractivity contribution in [1.82, 2.24) is 10.2 Å². The Morgan fingerprint density at radius 1 is 1.10 bits per heavy atom. The molecular weight excluding hydrogens is 354 g/mol. The number of nitrogens with one attached hydrogen (secondary N) is 2. The molecule has 0 saturated heterocycles. The second kappa shape index (κ2) is 9.11. The minimum atomic E-state index is 0.724. The third-order valence-corrected chi connectivity index (χ3v) is 6.81. The van der Waals surface area contributed by atoms with Crippen LogP contribution in [0.1, 0.15) is 69.8 Å². The fourth-order valence-electron chi connectivity index (χ4n) is 4.71. The van der Waals surface area contributed by atoms with Crippen molar-refractivity contribution >= 4 is 5.69 Å². The van der Waals surface area contributed by atoms with E-state index < -0.39 is 0 Å². The summed E-state index contributed by atoms with van der Waals surface area (Å²) >= 11 is 0. The largest absolute Gasteiger partial charge is 0.388 e. The normalized spacial score (nSPS) is 20.5. The number of hydrogen-bond donors (Lipinski definition) is 2. The van der Waals surface area contributed by atoms with E-state index in [9.17, 15) is 0 Å². The molecule has 0 spiro atoms. The SMILES string of the molecule is C=C(Nc1cccc(C2CCCCC2)c1)C1=C(NCC2CC2)CCN(C(=C)C)C1. The highest BCUT2D eigenvalue weighted by molar-refractivity contribution is 5.55. The van der Waals surface area contributed by atoms with Crippen molar-refractivity contribution in [3.63, 3.8) is 0 Å². The van der Waals surface area contributed by atoms with Crippen molar-refractivity contribution in [2.24, 2.45) is 5.92 Å². The number of hydrogen-bond acceptors (Lipinski definition) is 3. The topological polar surface area (TPSA) is 27.3 Å². The van der Waals surface area contributed by atoms with E-state index in [0.717, 1.165) is 49.3 Å². The Morgan fingerprint density at radius 2 is 1.90 bits per heavy atom. The Balaban J connectivity index is 1.48. The Morgan fingerprint density at radius 3 is 2.62 bits per heavy atom. The zero-order chi connectivity index (χ0) is 20.2. The van der Waals surface area contributed by atoms with Crippen LogP contribution in [0.5, 0.6) is 0 Å². The minimum Gasteiger partial charge on any atom is -0.388 e. The Hall–Kier alpha value is -2.16. The first kappa shape index (κ1) is 20.1. The summed E-state index contributed by atoms with van der Waals surface area (Å²) in [6.45, 7) is 13.7. The lowest BCUT2D eigenvalue weighted by molar-refractivity contribution is 0.354. The van der Waals surface area contributed by atoms with E-state index in [0.29, 0.717) is 0 Å². The van der Waals surface area contributed by atoms with Gasteiger partial charge in [-0.25, -0.2) is 0 Å². The van der Waals surface area contributed by atoms with Crippen LogP contribution in [0.15, 0.2) is 60.1 Å². The summed E-state index contributed by atoms with van der Waals surface area (Å²) in [6, 6.07) is 9.02. The van der Waals surface area contributed by atoms with Crippen LogP contribution in [0.3, 0.4) is 0 Å². The average molecular weight is 392 g/mol. The summed E-state index contributed by atoms with van der Waals surface area (Å²) in [5.74, 6) is 1.60. The second-order valence-electron chi connectivity index (χ2n) is 9.25. The van der Waals surface area contributed by atoms with Crippen molar-refractivity contribution in [2.45, 2.75) is 64.2 Å². The zero-order valence-electron chi connectivity index (χ0n) is 18.1. The molecule has 156 valence electrons. The fourth-order valence-corrected chi connectivity index (χ4v) is 4.71. The summed E-state index contributed by atoms with van der Waals surface area (Å²) in [7, 11) is 0. The molecular formula is C26H37N3. The van der Waals surface area contributed by atoms with Gasteiger partial charge >= 0.3 is 0 Å². The van der Waals surface area contributed by atoms with E-state index in [2.05, 4.69) is 59.9 Å². The van der Waals surface area contributed by atoms with Crippen LogP contribution < -0.4 is 10.6 Å². The molecule has 1 aliphatic heterocycles. The van der Waals surface area contributed by atoms with E-state index in [4.69, 9.17) is 0 Å². The van der Waals surface area contributed by atoms with Gasteiger partial charge in [-0.15, -0.1) is 0 Å². The number of anilines is 1. The first-order valence-corrected chi connectivity index (χ1v) is 11.5. The van der Waals surface area contributed by atoms with Gasteiger partial charge in [0, 0.05) is 54.4 Å². The van der Waals surface area contributed by atoms with Crippen molar-refractivity contribution in [2.75, 3.05) is 25.0 Å². The van der Waals surface area contributed by atoms with E-state index in [1.165, 1.54) is 67.5 Å². The van der Waals surface area contributed by atoms with Gasteiger partial charge in [-0.2, -0.15) is 0 Å². The molecule has 0 aromatic heterocycles. The van der Waals surface area contributed by atoms with Crippen molar-refractivity contribution < 1.29 is 0 Å². The van der Waals surface area contributed by atoms with Crippen LogP contribution in [-0.2, 0) is 0 Å². The molecule has 0 unspecified atom stereocenters. The number of nitrogens with zero attached hydrogens (tertiary/aromatic N) is 1. The maximum Gasteiger partial charge on any atom is 0.0463 e. The molecule has 2 saturated carbocycles. The van der Waals surface area contributed by atoms with E-state index in [1.807, 2.05) is 0 Å². The first-order chi connectivity index (χ1) is 14.1. The molecule has 0 bridgehead atoms.